The maximum Gasteiger partial charge on any atom is 0.260 e. The van der Waals surface area contributed by atoms with Crippen molar-refractivity contribution in [3.05, 3.63) is 59.7 Å². The number of nitriles is 1. The average molecular weight is 310 g/mol. The molecule has 23 heavy (non-hydrogen) atoms. The Morgan fingerprint density at radius 1 is 1.17 bits per heavy atom. The minimum Gasteiger partial charge on any atom is -0.493 e. The molecule has 1 amide bonds. The second-order valence-electron chi connectivity index (χ2n) is 5.00. The summed E-state index contributed by atoms with van der Waals surface area (Å²) in [5, 5.41) is 8.87. The highest BCUT2D eigenvalue weighted by Crippen LogP contribution is 2.27. The van der Waals surface area contributed by atoms with Crippen LogP contribution in [0.3, 0.4) is 0 Å². The summed E-state index contributed by atoms with van der Waals surface area (Å²) in [6, 6.07) is 16.6. The molecule has 0 heterocycles. The van der Waals surface area contributed by atoms with Gasteiger partial charge in [-0.25, -0.2) is 0 Å². The zero-order valence-corrected chi connectivity index (χ0v) is 13.2. The zero-order valence-electron chi connectivity index (χ0n) is 13.2. The Hall–Kier alpha value is -3.00. The largest absolute Gasteiger partial charge is 0.493 e. The summed E-state index contributed by atoms with van der Waals surface area (Å²) in [5.74, 6) is 0.732. The number of hydrogen-bond acceptors (Lipinski definition) is 4. The van der Waals surface area contributed by atoms with Gasteiger partial charge in [0.25, 0.3) is 5.91 Å². The van der Waals surface area contributed by atoms with Gasteiger partial charge in [-0.3, -0.25) is 4.79 Å². The number of hydrogen-bond donors (Lipinski definition) is 0. The molecule has 0 aliphatic heterocycles. The van der Waals surface area contributed by atoms with Crippen LogP contribution in [0, 0.1) is 11.3 Å². The van der Waals surface area contributed by atoms with Crippen LogP contribution in [0.1, 0.15) is 11.1 Å². The van der Waals surface area contributed by atoms with Crippen LogP contribution in [0.15, 0.2) is 48.5 Å². The summed E-state index contributed by atoms with van der Waals surface area (Å²) in [6.07, 6.45) is 0. The fraction of sp³-hybridized carbons (Fsp3) is 0.222. The number of rotatable bonds is 6. The van der Waals surface area contributed by atoms with Gasteiger partial charge in [-0.15, -0.1) is 0 Å². The van der Waals surface area contributed by atoms with Crippen LogP contribution in [0.4, 0.5) is 0 Å². The summed E-state index contributed by atoms with van der Waals surface area (Å²) in [7, 11) is 3.22. The first-order chi connectivity index (χ1) is 11.1. The molecule has 0 saturated carbocycles. The average Bonchev–Trinajstić information content (AvgIpc) is 2.60. The van der Waals surface area contributed by atoms with E-state index in [0.29, 0.717) is 23.6 Å². The van der Waals surface area contributed by atoms with Crippen LogP contribution in [0.25, 0.3) is 0 Å². The van der Waals surface area contributed by atoms with Gasteiger partial charge in [-0.05, 0) is 17.7 Å². The van der Waals surface area contributed by atoms with Gasteiger partial charge in [0.15, 0.2) is 18.1 Å². The molecular formula is C18H18N2O3. The van der Waals surface area contributed by atoms with Crippen molar-refractivity contribution in [2.75, 3.05) is 20.8 Å². The van der Waals surface area contributed by atoms with E-state index in [9.17, 15) is 4.79 Å². The standard InChI is InChI=1S/C18H18N2O3/c1-20(12-14-6-4-3-5-7-14)18(21)13-23-16-9-8-15(11-19)10-17(16)22-2/h3-10H,12-13H2,1-2H3. The molecule has 0 unspecified atom stereocenters. The number of likely N-dealkylation sites (N-methyl/N-ethyl adjacent to an activating group) is 1. The SMILES string of the molecule is COc1cc(C#N)ccc1OCC(=O)N(C)Cc1ccccc1. The Morgan fingerprint density at radius 2 is 1.91 bits per heavy atom. The molecule has 0 atom stereocenters. The molecule has 5 nitrogen and oxygen atoms in total. The predicted octanol–water partition coefficient (Wildman–Crippen LogP) is 2.60. The Bertz CT molecular complexity index is 708. The molecule has 2 aromatic rings. The first kappa shape index (κ1) is 16.4. The number of methoxy groups -OCH3 is 1. The number of amides is 1. The van der Waals surface area contributed by atoms with Crippen LogP contribution in [-0.2, 0) is 11.3 Å². The fourth-order valence-corrected chi connectivity index (χ4v) is 2.05. The van der Waals surface area contributed by atoms with Crippen molar-refractivity contribution < 1.29 is 14.3 Å². The Kier molecular flexibility index (Phi) is 5.59. The number of nitrogens with zero attached hydrogens (tertiary/aromatic N) is 2. The molecule has 118 valence electrons. The molecule has 0 radical (unpaired) electrons. The van der Waals surface area contributed by atoms with E-state index in [2.05, 4.69) is 0 Å². The van der Waals surface area contributed by atoms with E-state index < -0.39 is 0 Å². The number of benzene rings is 2. The van der Waals surface area contributed by atoms with Crippen molar-refractivity contribution in [1.82, 2.24) is 4.90 Å². The molecule has 0 aliphatic rings. The molecule has 0 bridgehead atoms. The van der Waals surface area contributed by atoms with Crippen LogP contribution >= 0.6 is 0 Å². The number of ether oxygens (including phenoxy) is 2. The highest BCUT2D eigenvalue weighted by atomic mass is 16.5. The third kappa shape index (κ3) is 4.48. The summed E-state index contributed by atoms with van der Waals surface area (Å²) in [6.45, 7) is 0.430. The molecule has 0 spiro atoms. The molecular weight excluding hydrogens is 292 g/mol. The molecule has 5 heteroatoms. The predicted molar refractivity (Wildman–Crippen MR) is 86.1 cm³/mol. The van der Waals surface area contributed by atoms with Crippen molar-refractivity contribution in [2.45, 2.75) is 6.54 Å². The van der Waals surface area contributed by atoms with Gasteiger partial charge in [0.2, 0.25) is 0 Å². The Morgan fingerprint density at radius 3 is 2.57 bits per heavy atom. The monoisotopic (exact) mass is 310 g/mol. The van der Waals surface area contributed by atoms with E-state index in [1.165, 1.54) is 7.11 Å². The van der Waals surface area contributed by atoms with Gasteiger partial charge < -0.3 is 14.4 Å². The second kappa shape index (κ2) is 7.85. The van der Waals surface area contributed by atoms with E-state index in [1.807, 2.05) is 36.4 Å². The summed E-state index contributed by atoms with van der Waals surface area (Å²) >= 11 is 0. The van der Waals surface area contributed by atoms with Crippen molar-refractivity contribution in [3.63, 3.8) is 0 Å². The van der Waals surface area contributed by atoms with E-state index in [-0.39, 0.29) is 12.5 Å². The molecule has 0 aromatic heterocycles. The van der Waals surface area contributed by atoms with Crippen LogP contribution in [-0.4, -0.2) is 31.6 Å². The van der Waals surface area contributed by atoms with Crippen LogP contribution in [0.5, 0.6) is 11.5 Å². The van der Waals surface area contributed by atoms with Crippen molar-refractivity contribution in [2.24, 2.45) is 0 Å². The lowest BCUT2D eigenvalue weighted by molar-refractivity contribution is -0.132. The number of carbonyl (C=O) groups excluding carboxylic acids is 1. The maximum absolute atomic E-state index is 12.2. The molecule has 0 aliphatic carbocycles. The Balaban J connectivity index is 1.95. The Labute approximate surface area is 135 Å². The van der Waals surface area contributed by atoms with Gasteiger partial charge in [0, 0.05) is 19.7 Å². The lowest BCUT2D eigenvalue weighted by atomic mass is 10.2. The zero-order chi connectivity index (χ0) is 16.7. The van der Waals surface area contributed by atoms with Crippen molar-refractivity contribution in [1.29, 1.82) is 5.26 Å². The summed E-state index contributed by atoms with van der Waals surface area (Å²) < 4.78 is 10.7. The third-order valence-corrected chi connectivity index (χ3v) is 3.33. The minimum atomic E-state index is -0.139. The van der Waals surface area contributed by atoms with Gasteiger partial charge in [0.05, 0.1) is 18.7 Å². The van der Waals surface area contributed by atoms with Crippen molar-refractivity contribution >= 4 is 5.91 Å². The van der Waals surface area contributed by atoms with E-state index in [1.54, 1.807) is 30.1 Å². The topological polar surface area (TPSA) is 62.6 Å². The maximum atomic E-state index is 12.2. The fourth-order valence-electron chi connectivity index (χ4n) is 2.05. The van der Waals surface area contributed by atoms with Gasteiger partial charge in [-0.2, -0.15) is 5.26 Å². The number of carbonyl (C=O) groups is 1. The highest BCUT2D eigenvalue weighted by Gasteiger charge is 2.12. The quantitative estimate of drug-likeness (QED) is 0.823. The van der Waals surface area contributed by atoms with Gasteiger partial charge in [0.1, 0.15) is 0 Å². The van der Waals surface area contributed by atoms with Crippen molar-refractivity contribution in [3.8, 4) is 17.6 Å². The second-order valence-corrected chi connectivity index (χ2v) is 5.00. The smallest absolute Gasteiger partial charge is 0.260 e. The van der Waals surface area contributed by atoms with E-state index in [4.69, 9.17) is 14.7 Å². The van der Waals surface area contributed by atoms with Gasteiger partial charge >= 0.3 is 0 Å². The lowest BCUT2D eigenvalue weighted by Gasteiger charge is -2.18. The van der Waals surface area contributed by atoms with E-state index >= 15 is 0 Å². The van der Waals surface area contributed by atoms with Gasteiger partial charge in [-0.1, -0.05) is 30.3 Å². The first-order valence-corrected chi connectivity index (χ1v) is 7.13. The molecule has 2 rings (SSSR count). The normalized spacial score (nSPS) is 9.78. The van der Waals surface area contributed by atoms with Crippen LogP contribution < -0.4 is 9.47 Å². The van der Waals surface area contributed by atoms with E-state index in [0.717, 1.165) is 5.56 Å². The third-order valence-electron chi connectivity index (χ3n) is 3.33. The summed E-state index contributed by atoms with van der Waals surface area (Å²) in [5.41, 5.74) is 1.53. The molecule has 0 N–H and O–H groups in total. The first-order valence-electron chi connectivity index (χ1n) is 7.13. The van der Waals surface area contributed by atoms with Crippen LogP contribution in [0.2, 0.25) is 0 Å². The molecule has 0 fully saturated rings. The molecule has 0 saturated heterocycles. The minimum absolute atomic E-state index is 0.0917. The highest BCUT2D eigenvalue weighted by molar-refractivity contribution is 5.77. The lowest BCUT2D eigenvalue weighted by Crippen LogP contribution is -2.31. The summed E-state index contributed by atoms with van der Waals surface area (Å²) in [4.78, 5) is 13.8. The molecule has 2 aromatic carbocycles.